The molecule has 1 atom stereocenters. The third-order valence-electron chi connectivity index (χ3n) is 3.28. The Balaban J connectivity index is 2.05. The van der Waals surface area contributed by atoms with Crippen molar-refractivity contribution >= 4 is 5.97 Å². The molecule has 0 fully saturated rings. The highest BCUT2D eigenvalue weighted by molar-refractivity contribution is 5.66. The van der Waals surface area contributed by atoms with E-state index in [-0.39, 0.29) is 18.6 Å². The van der Waals surface area contributed by atoms with Crippen LogP contribution in [0.2, 0.25) is 0 Å². The van der Waals surface area contributed by atoms with Gasteiger partial charge in [0.25, 0.3) is 0 Å². The zero-order valence-electron chi connectivity index (χ0n) is 11.0. The van der Waals surface area contributed by atoms with Crippen molar-refractivity contribution in [1.29, 1.82) is 0 Å². The Kier molecular flexibility index (Phi) is 3.79. The van der Waals surface area contributed by atoms with Crippen LogP contribution in [0.25, 0.3) is 0 Å². The highest BCUT2D eigenvalue weighted by Gasteiger charge is 2.28. The maximum atomic E-state index is 10.4. The van der Waals surface area contributed by atoms with E-state index in [0.29, 0.717) is 5.75 Å². The van der Waals surface area contributed by atoms with E-state index in [1.807, 2.05) is 25.1 Å². The lowest BCUT2D eigenvalue weighted by atomic mass is 9.93. The number of rotatable bonds is 5. The second-order valence-corrected chi connectivity index (χ2v) is 4.88. The normalized spacial score (nSPS) is 21.1. The topological polar surface area (TPSA) is 55.8 Å². The summed E-state index contributed by atoms with van der Waals surface area (Å²) in [5, 5.41) is 8.56. The van der Waals surface area contributed by atoms with Gasteiger partial charge in [0.05, 0.1) is 13.0 Å². The van der Waals surface area contributed by atoms with Crippen LogP contribution < -0.4 is 9.47 Å². The monoisotopic (exact) mass is 262 g/mol. The Morgan fingerprint density at radius 2 is 2.42 bits per heavy atom. The average Bonchev–Trinajstić information content (AvgIpc) is 2.38. The molecule has 1 unspecified atom stereocenters. The van der Waals surface area contributed by atoms with E-state index >= 15 is 0 Å². The predicted molar refractivity (Wildman–Crippen MR) is 71.7 cm³/mol. The molecular formula is C15H18O4. The first kappa shape index (κ1) is 13.5. The standard InChI is InChI=1S/C15H18O4/c1-3-15(2)8-6-11-10-12(4-5-13(11)19-15)18-9-7-14(16)17/h3-5,10H,1,6-9H2,2H3,(H,16,17). The van der Waals surface area contributed by atoms with Crippen LogP contribution in [0.4, 0.5) is 0 Å². The number of carboxylic acid groups (broad SMARTS) is 1. The maximum absolute atomic E-state index is 10.4. The first-order valence-corrected chi connectivity index (χ1v) is 6.32. The number of benzene rings is 1. The smallest absolute Gasteiger partial charge is 0.306 e. The fraction of sp³-hybridized carbons (Fsp3) is 0.400. The van der Waals surface area contributed by atoms with Crippen LogP contribution in [0.3, 0.4) is 0 Å². The lowest BCUT2D eigenvalue weighted by Gasteiger charge is -2.33. The third-order valence-corrected chi connectivity index (χ3v) is 3.28. The van der Waals surface area contributed by atoms with Crippen molar-refractivity contribution in [2.75, 3.05) is 6.61 Å². The fourth-order valence-corrected chi connectivity index (χ4v) is 2.03. The zero-order chi connectivity index (χ0) is 13.9. The molecule has 0 saturated heterocycles. The number of carbonyl (C=O) groups is 1. The molecule has 1 aliphatic heterocycles. The molecule has 1 N–H and O–H groups in total. The van der Waals surface area contributed by atoms with E-state index < -0.39 is 5.97 Å². The van der Waals surface area contributed by atoms with Gasteiger partial charge < -0.3 is 14.6 Å². The van der Waals surface area contributed by atoms with E-state index in [4.69, 9.17) is 14.6 Å². The number of hydrogen-bond donors (Lipinski definition) is 1. The third kappa shape index (κ3) is 3.28. The quantitative estimate of drug-likeness (QED) is 0.829. The Labute approximate surface area is 112 Å². The van der Waals surface area contributed by atoms with E-state index in [9.17, 15) is 4.79 Å². The highest BCUT2D eigenvalue weighted by Crippen LogP contribution is 2.35. The first-order valence-electron chi connectivity index (χ1n) is 6.32. The molecule has 1 heterocycles. The molecular weight excluding hydrogens is 244 g/mol. The molecule has 4 heteroatoms. The molecule has 0 aliphatic carbocycles. The van der Waals surface area contributed by atoms with Crippen LogP contribution in [-0.2, 0) is 11.2 Å². The Bertz CT molecular complexity index is 495. The van der Waals surface area contributed by atoms with Crippen LogP contribution in [0.15, 0.2) is 30.9 Å². The van der Waals surface area contributed by atoms with Gasteiger partial charge in [0.2, 0.25) is 0 Å². The second kappa shape index (κ2) is 5.34. The number of ether oxygens (including phenoxy) is 2. The molecule has 1 aromatic carbocycles. The van der Waals surface area contributed by atoms with Crippen LogP contribution in [-0.4, -0.2) is 23.3 Å². The van der Waals surface area contributed by atoms with Gasteiger partial charge in [0.1, 0.15) is 17.1 Å². The van der Waals surface area contributed by atoms with E-state index in [1.54, 1.807) is 6.07 Å². The van der Waals surface area contributed by atoms with Crippen molar-refractivity contribution < 1.29 is 19.4 Å². The molecule has 1 aliphatic rings. The van der Waals surface area contributed by atoms with Gasteiger partial charge in [-0.05, 0) is 49.6 Å². The minimum Gasteiger partial charge on any atom is -0.493 e. The Morgan fingerprint density at radius 3 is 3.11 bits per heavy atom. The fourth-order valence-electron chi connectivity index (χ4n) is 2.03. The van der Waals surface area contributed by atoms with Gasteiger partial charge in [-0.25, -0.2) is 0 Å². The van der Waals surface area contributed by atoms with Crippen molar-refractivity contribution in [2.45, 2.75) is 31.8 Å². The molecule has 2 rings (SSSR count). The number of carboxylic acids is 1. The van der Waals surface area contributed by atoms with Crippen molar-refractivity contribution in [3.05, 3.63) is 36.4 Å². The van der Waals surface area contributed by atoms with Crippen LogP contribution in [0.1, 0.15) is 25.3 Å². The molecule has 19 heavy (non-hydrogen) atoms. The van der Waals surface area contributed by atoms with Gasteiger partial charge in [0.15, 0.2) is 0 Å². The summed E-state index contributed by atoms with van der Waals surface area (Å²) in [7, 11) is 0. The molecule has 102 valence electrons. The van der Waals surface area contributed by atoms with Gasteiger partial charge in [-0.1, -0.05) is 6.58 Å². The largest absolute Gasteiger partial charge is 0.493 e. The van der Waals surface area contributed by atoms with E-state index in [2.05, 4.69) is 6.58 Å². The molecule has 0 radical (unpaired) electrons. The minimum atomic E-state index is -0.858. The SMILES string of the molecule is C=CC1(C)CCc2cc(OCCC(=O)O)ccc2O1. The van der Waals surface area contributed by atoms with Gasteiger partial charge in [-0.15, -0.1) is 0 Å². The summed E-state index contributed by atoms with van der Waals surface area (Å²) in [6.07, 6.45) is 3.60. The summed E-state index contributed by atoms with van der Waals surface area (Å²) in [6, 6.07) is 5.59. The summed E-state index contributed by atoms with van der Waals surface area (Å²) >= 11 is 0. The molecule has 0 saturated carbocycles. The van der Waals surface area contributed by atoms with Crippen molar-refractivity contribution in [2.24, 2.45) is 0 Å². The summed E-state index contributed by atoms with van der Waals surface area (Å²) in [6.45, 7) is 5.99. The summed E-state index contributed by atoms with van der Waals surface area (Å²) < 4.78 is 11.3. The molecule has 0 bridgehead atoms. The molecule has 0 spiro atoms. The Morgan fingerprint density at radius 1 is 1.63 bits per heavy atom. The lowest BCUT2D eigenvalue weighted by molar-refractivity contribution is -0.137. The van der Waals surface area contributed by atoms with Gasteiger partial charge >= 0.3 is 5.97 Å². The predicted octanol–water partition coefficient (Wildman–Crippen LogP) is 2.81. The number of fused-ring (bicyclic) bond motifs is 1. The summed E-state index contributed by atoms with van der Waals surface area (Å²) in [5.74, 6) is 0.674. The second-order valence-electron chi connectivity index (χ2n) is 4.88. The average molecular weight is 262 g/mol. The Hall–Kier alpha value is -1.97. The number of aryl methyl sites for hydroxylation is 1. The van der Waals surface area contributed by atoms with Crippen molar-refractivity contribution in [3.8, 4) is 11.5 Å². The van der Waals surface area contributed by atoms with Crippen LogP contribution >= 0.6 is 0 Å². The molecule has 4 nitrogen and oxygen atoms in total. The number of hydrogen-bond acceptors (Lipinski definition) is 3. The molecule has 1 aromatic rings. The molecule has 0 amide bonds. The number of aliphatic carboxylic acids is 1. The van der Waals surface area contributed by atoms with Crippen molar-refractivity contribution in [1.82, 2.24) is 0 Å². The van der Waals surface area contributed by atoms with E-state index in [0.717, 1.165) is 24.2 Å². The maximum Gasteiger partial charge on any atom is 0.306 e. The van der Waals surface area contributed by atoms with Gasteiger partial charge in [-0.2, -0.15) is 0 Å². The summed E-state index contributed by atoms with van der Waals surface area (Å²) in [5.41, 5.74) is 0.783. The highest BCUT2D eigenvalue weighted by atomic mass is 16.5. The van der Waals surface area contributed by atoms with Gasteiger partial charge in [-0.3, -0.25) is 4.79 Å². The summed E-state index contributed by atoms with van der Waals surface area (Å²) in [4.78, 5) is 10.4. The minimum absolute atomic E-state index is 0.00210. The van der Waals surface area contributed by atoms with Crippen LogP contribution in [0, 0.1) is 0 Å². The van der Waals surface area contributed by atoms with E-state index in [1.165, 1.54) is 0 Å². The van der Waals surface area contributed by atoms with Crippen molar-refractivity contribution in [3.63, 3.8) is 0 Å². The van der Waals surface area contributed by atoms with Gasteiger partial charge in [0, 0.05) is 0 Å². The first-order chi connectivity index (χ1) is 9.02. The molecule has 0 aromatic heterocycles. The van der Waals surface area contributed by atoms with Crippen LogP contribution in [0.5, 0.6) is 11.5 Å². The lowest BCUT2D eigenvalue weighted by Crippen LogP contribution is -2.33. The zero-order valence-corrected chi connectivity index (χ0v) is 11.0.